The maximum atomic E-state index is 6.02. The number of nitrogens with zero attached hydrogens (tertiary/aromatic N) is 3. The quantitative estimate of drug-likeness (QED) is 0.696. The molecule has 2 rings (SSSR count). The number of aryl methyl sites for hydroxylation is 1. The van der Waals surface area contributed by atoms with E-state index in [0.717, 1.165) is 11.3 Å². The van der Waals surface area contributed by atoms with Crippen LogP contribution in [0.25, 0.3) is 5.69 Å². The van der Waals surface area contributed by atoms with Gasteiger partial charge in [0, 0.05) is 11.8 Å². The highest BCUT2D eigenvalue weighted by molar-refractivity contribution is 6.30. The van der Waals surface area contributed by atoms with Crippen LogP contribution in [0.5, 0.6) is 0 Å². The number of rotatable bonds is 1. The highest BCUT2D eigenvalue weighted by Gasteiger charge is 2.05. The van der Waals surface area contributed by atoms with E-state index in [9.17, 15) is 0 Å². The zero-order chi connectivity index (χ0) is 9.26. The smallest absolute Gasteiger partial charge is 0.135 e. The summed E-state index contributed by atoms with van der Waals surface area (Å²) in [6.45, 7) is 1.92. The van der Waals surface area contributed by atoms with E-state index in [1.165, 1.54) is 0 Å². The molecule has 13 heavy (non-hydrogen) atoms. The molecule has 0 saturated carbocycles. The molecule has 0 atom stereocenters. The van der Waals surface area contributed by atoms with Gasteiger partial charge in [0.1, 0.15) is 5.15 Å². The normalized spacial score (nSPS) is 10.3. The number of aromatic nitrogens is 3. The molecular weight excluding hydrogens is 186 g/mol. The first kappa shape index (κ1) is 8.26. The molecule has 0 amide bonds. The van der Waals surface area contributed by atoms with Crippen LogP contribution in [0.1, 0.15) is 5.56 Å². The summed E-state index contributed by atoms with van der Waals surface area (Å²) in [5.41, 5.74) is 1.84. The molecule has 0 aliphatic carbocycles. The molecule has 2 aromatic rings. The molecule has 4 heteroatoms. The zero-order valence-corrected chi connectivity index (χ0v) is 7.86. The Kier molecular flexibility index (Phi) is 2.02. The number of halogens is 1. The van der Waals surface area contributed by atoms with Gasteiger partial charge in [-0.1, -0.05) is 11.6 Å². The summed E-state index contributed by atoms with van der Waals surface area (Å²) >= 11 is 6.02. The lowest BCUT2D eigenvalue weighted by atomic mass is 10.4. The van der Waals surface area contributed by atoms with Crippen LogP contribution in [0, 0.1) is 6.92 Å². The highest BCUT2D eigenvalue weighted by atomic mass is 35.5. The van der Waals surface area contributed by atoms with Crippen LogP contribution >= 0.6 is 11.6 Å². The Morgan fingerprint density at radius 2 is 2.23 bits per heavy atom. The number of hydrogen-bond donors (Lipinski definition) is 0. The van der Waals surface area contributed by atoms with Crippen LogP contribution in [-0.4, -0.2) is 14.8 Å². The number of hydrogen-bond acceptors (Lipinski definition) is 2. The van der Waals surface area contributed by atoms with Crippen molar-refractivity contribution in [2.24, 2.45) is 0 Å². The molecule has 2 heterocycles. The van der Waals surface area contributed by atoms with Crippen LogP contribution in [0.4, 0.5) is 0 Å². The lowest BCUT2D eigenvalue weighted by molar-refractivity contribution is 0.874. The van der Waals surface area contributed by atoms with Gasteiger partial charge >= 0.3 is 0 Å². The second-order valence-corrected chi connectivity index (χ2v) is 3.10. The van der Waals surface area contributed by atoms with Gasteiger partial charge < -0.3 is 0 Å². The van der Waals surface area contributed by atoms with Gasteiger partial charge in [0.25, 0.3) is 0 Å². The molecular formula is C9H8ClN3. The van der Waals surface area contributed by atoms with Crippen LogP contribution in [0.2, 0.25) is 5.15 Å². The first-order chi connectivity index (χ1) is 6.29. The molecule has 3 nitrogen and oxygen atoms in total. The Balaban J connectivity index is 2.53. The minimum atomic E-state index is 0.632. The van der Waals surface area contributed by atoms with Crippen molar-refractivity contribution in [1.82, 2.24) is 14.8 Å². The van der Waals surface area contributed by atoms with Gasteiger partial charge in [0.2, 0.25) is 0 Å². The third kappa shape index (κ3) is 1.42. The Labute approximate surface area is 81.0 Å². The van der Waals surface area contributed by atoms with E-state index in [1.807, 2.05) is 19.1 Å². The lowest BCUT2D eigenvalue weighted by Gasteiger charge is -2.00. The third-order valence-electron chi connectivity index (χ3n) is 1.77. The Morgan fingerprint density at radius 3 is 2.77 bits per heavy atom. The van der Waals surface area contributed by atoms with E-state index in [1.54, 1.807) is 23.3 Å². The van der Waals surface area contributed by atoms with Crippen molar-refractivity contribution in [1.29, 1.82) is 0 Å². The summed E-state index contributed by atoms with van der Waals surface area (Å²) in [4.78, 5) is 3.99. The van der Waals surface area contributed by atoms with E-state index in [-0.39, 0.29) is 0 Å². The van der Waals surface area contributed by atoms with E-state index < -0.39 is 0 Å². The fourth-order valence-electron chi connectivity index (χ4n) is 1.07. The first-order valence-corrected chi connectivity index (χ1v) is 4.27. The summed E-state index contributed by atoms with van der Waals surface area (Å²) in [6, 6.07) is 3.76. The maximum absolute atomic E-state index is 6.02. The Bertz CT molecular complexity index is 408. The van der Waals surface area contributed by atoms with Crippen molar-refractivity contribution in [3.8, 4) is 5.69 Å². The largest absolute Gasteiger partial charge is 0.262 e. The average Bonchev–Trinajstić information content (AvgIpc) is 2.49. The van der Waals surface area contributed by atoms with Crippen LogP contribution in [0.3, 0.4) is 0 Å². The average molecular weight is 194 g/mol. The van der Waals surface area contributed by atoms with Gasteiger partial charge in [-0.3, -0.25) is 4.98 Å². The molecule has 0 N–H and O–H groups in total. The molecule has 0 unspecified atom stereocenters. The van der Waals surface area contributed by atoms with Gasteiger partial charge in [-0.05, 0) is 19.1 Å². The molecule has 0 fully saturated rings. The second-order valence-electron chi connectivity index (χ2n) is 2.74. The molecule has 0 radical (unpaired) electrons. The molecule has 0 bridgehead atoms. The van der Waals surface area contributed by atoms with E-state index >= 15 is 0 Å². The van der Waals surface area contributed by atoms with E-state index in [0.29, 0.717) is 5.15 Å². The summed E-state index contributed by atoms with van der Waals surface area (Å²) in [5.74, 6) is 0. The first-order valence-electron chi connectivity index (χ1n) is 3.89. The van der Waals surface area contributed by atoms with Crippen molar-refractivity contribution in [3.05, 3.63) is 41.4 Å². The van der Waals surface area contributed by atoms with Gasteiger partial charge in [-0.2, -0.15) is 5.10 Å². The lowest BCUT2D eigenvalue weighted by Crippen LogP contribution is -1.96. The van der Waals surface area contributed by atoms with E-state index in [4.69, 9.17) is 11.6 Å². The van der Waals surface area contributed by atoms with Crippen molar-refractivity contribution in [2.75, 3.05) is 0 Å². The molecule has 0 spiro atoms. The molecule has 0 saturated heterocycles. The third-order valence-corrected chi connectivity index (χ3v) is 2.23. The zero-order valence-electron chi connectivity index (χ0n) is 7.11. The summed E-state index contributed by atoms with van der Waals surface area (Å²) in [6.07, 6.45) is 5.17. The van der Waals surface area contributed by atoms with Crippen LogP contribution in [-0.2, 0) is 0 Å². The van der Waals surface area contributed by atoms with E-state index in [2.05, 4.69) is 10.1 Å². The van der Waals surface area contributed by atoms with Crippen molar-refractivity contribution in [3.63, 3.8) is 0 Å². The summed E-state index contributed by atoms with van der Waals surface area (Å²) in [7, 11) is 0. The van der Waals surface area contributed by atoms with Crippen LogP contribution < -0.4 is 0 Å². The monoisotopic (exact) mass is 193 g/mol. The van der Waals surface area contributed by atoms with Gasteiger partial charge in [0.05, 0.1) is 18.1 Å². The van der Waals surface area contributed by atoms with Crippen molar-refractivity contribution >= 4 is 11.6 Å². The van der Waals surface area contributed by atoms with Gasteiger partial charge in [-0.15, -0.1) is 0 Å². The topological polar surface area (TPSA) is 30.7 Å². The fourth-order valence-corrected chi connectivity index (χ4v) is 1.26. The summed E-state index contributed by atoms with van der Waals surface area (Å²) in [5, 5.41) is 4.76. The predicted molar refractivity (Wildman–Crippen MR) is 51.1 cm³/mol. The standard InChI is InChI=1S/C9H8ClN3/c1-7-5-12-13(9(7)10)8-3-2-4-11-6-8/h2-6H,1H3. The molecule has 0 aromatic carbocycles. The maximum Gasteiger partial charge on any atom is 0.135 e. The highest BCUT2D eigenvalue weighted by Crippen LogP contribution is 2.17. The predicted octanol–water partition coefficient (Wildman–Crippen LogP) is 2.23. The Morgan fingerprint density at radius 1 is 1.38 bits per heavy atom. The second kappa shape index (κ2) is 3.18. The van der Waals surface area contributed by atoms with Crippen LogP contribution in [0.15, 0.2) is 30.7 Å². The summed E-state index contributed by atoms with van der Waals surface area (Å²) < 4.78 is 1.66. The molecule has 0 aliphatic heterocycles. The van der Waals surface area contributed by atoms with Crippen molar-refractivity contribution in [2.45, 2.75) is 6.92 Å². The SMILES string of the molecule is Cc1cnn(-c2cccnc2)c1Cl. The van der Waals surface area contributed by atoms with Gasteiger partial charge in [-0.25, -0.2) is 4.68 Å². The minimum Gasteiger partial charge on any atom is -0.262 e. The van der Waals surface area contributed by atoms with Gasteiger partial charge in [0.15, 0.2) is 0 Å². The van der Waals surface area contributed by atoms with Crippen molar-refractivity contribution < 1.29 is 0 Å². The number of pyridine rings is 1. The molecule has 2 aromatic heterocycles. The fraction of sp³-hybridized carbons (Fsp3) is 0.111. The molecule has 0 aliphatic rings. The molecule has 66 valence electrons. The minimum absolute atomic E-state index is 0.632. The Hall–Kier alpha value is -1.35.